The third kappa shape index (κ3) is 4.56. The average Bonchev–Trinajstić information content (AvgIpc) is 2.66. The first-order valence-corrected chi connectivity index (χ1v) is 8.89. The number of carbonyl (C=O) groups excluding carboxylic acids is 2. The minimum atomic E-state index is -0.624. The molecule has 2 N–H and O–H groups in total. The largest absolute Gasteiger partial charge is 0.390 e. The maximum absolute atomic E-state index is 12.2. The minimum Gasteiger partial charge on any atom is -0.390 e. The van der Waals surface area contributed by atoms with Crippen LogP contribution in [-0.2, 0) is 13.0 Å². The van der Waals surface area contributed by atoms with Crippen LogP contribution in [0.4, 0.5) is 0 Å². The van der Waals surface area contributed by atoms with Crippen molar-refractivity contribution in [3.05, 3.63) is 70.8 Å². The Morgan fingerprint density at radius 3 is 2.42 bits per heavy atom. The van der Waals surface area contributed by atoms with Crippen molar-refractivity contribution in [2.45, 2.75) is 26.0 Å². The quantitative estimate of drug-likeness (QED) is 0.781. The summed E-state index contributed by atoms with van der Waals surface area (Å²) in [6, 6.07) is 14.9. The van der Waals surface area contributed by atoms with Crippen molar-refractivity contribution in [3.63, 3.8) is 0 Å². The second kappa shape index (κ2) is 8.25. The van der Waals surface area contributed by atoms with E-state index in [0.717, 1.165) is 19.5 Å². The number of carbonyl (C=O) groups is 2. The Labute approximate surface area is 153 Å². The van der Waals surface area contributed by atoms with Crippen LogP contribution < -0.4 is 5.32 Å². The van der Waals surface area contributed by atoms with Gasteiger partial charge in [-0.3, -0.25) is 14.5 Å². The predicted octanol–water partition coefficient (Wildman–Crippen LogP) is 2.04. The molecule has 0 fully saturated rings. The van der Waals surface area contributed by atoms with Gasteiger partial charge in [0.1, 0.15) is 0 Å². The molecule has 0 aliphatic carbocycles. The molecule has 1 aliphatic heterocycles. The van der Waals surface area contributed by atoms with Crippen molar-refractivity contribution in [2.24, 2.45) is 0 Å². The van der Waals surface area contributed by atoms with Crippen LogP contribution in [0, 0.1) is 0 Å². The Bertz CT molecular complexity index is 786. The van der Waals surface area contributed by atoms with Crippen molar-refractivity contribution < 1.29 is 14.7 Å². The molecule has 5 heteroatoms. The van der Waals surface area contributed by atoms with Gasteiger partial charge in [0.15, 0.2) is 5.78 Å². The summed E-state index contributed by atoms with van der Waals surface area (Å²) in [5.41, 5.74) is 3.74. The minimum absolute atomic E-state index is 0.0320. The normalized spacial score (nSPS) is 15.2. The molecule has 0 radical (unpaired) electrons. The highest BCUT2D eigenvalue weighted by Crippen LogP contribution is 2.18. The third-order valence-corrected chi connectivity index (χ3v) is 4.73. The Morgan fingerprint density at radius 2 is 1.73 bits per heavy atom. The fourth-order valence-electron chi connectivity index (χ4n) is 3.24. The van der Waals surface area contributed by atoms with E-state index in [2.05, 4.69) is 28.4 Å². The first-order valence-electron chi connectivity index (χ1n) is 8.89. The average molecular weight is 352 g/mol. The molecule has 26 heavy (non-hydrogen) atoms. The lowest BCUT2D eigenvalue weighted by Gasteiger charge is -2.30. The summed E-state index contributed by atoms with van der Waals surface area (Å²) in [5.74, 6) is -0.279. The van der Waals surface area contributed by atoms with Crippen LogP contribution in [0.25, 0.3) is 0 Å². The fraction of sp³-hybridized carbons (Fsp3) is 0.333. The number of rotatable bonds is 6. The number of aliphatic hydroxyl groups is 1. The van der Waals surface area contributed by atoms with Gasteiger partial charge < -0.3 is 10.4 Å². The first-order chi connectivity index (χ1) is 12.5. The van der Waals surface area contributed by atoms with E-state index in [-0.39, 0.29) is 18.2 Å². The summed E-state index contributed by atoms with van der Waals surface area (Å²) >= 11 is 0. The van der Waals surface area contributed by atoms with E-state index >= 15 is 0 Å². The summed E-state index contributed by atoms with van der Waals surface area (Å²) < 4.78 is 0. The highest BCUT2D eigenvalue weighted by atomic mass is 16.3. The number of nitrogens with zero attached hydrogens (tertiary/aromatic N) is 1. The molecule has 2 aromatic rings. The Morgan fingerprint density at radius 1 is 1.08 bits per heavy atom. The Hall–Kier alpha value is -2.50. The summed E-state index contributed by atoms with van der Waals surface area (Å²) in [4.78, 5) is 25.6. The molecule has 0 spiro atoms. The molecule has 0 saturated carbocycles. The lowest BCUT2D eigenvalue weighted by molar-refractivity contribution is 0.0841. The molecule has 3 rings (SSSR count). The number of ketones is 1. The molecule has 1 aliphatic rings. The second-order valence-electron chi connectivity index (χ2n) is 6.75. The number of nitrogens with one attached hydrogen (secondary N) is 1. The number of hydrogen-bond donors (Lipinski definition) is 2. The SMILES string of the molecule is CC(=O)c1ccc(C(=O)NCC(O)CN2CCc3ccccc3C2)cc1. The van der Waals surface area contributed by atoms with E-state index < -0.39 is 6.10 Å². The summed E-state index contributed by atoms with van der Waals surface area (Å²) in [7, 11) is 0. The monoisotopic (exact) mass is 352 g/mol. The number of Topliss-reactive ketones (excluding diaryl/α,β-unsaturated/α-hetero) is 1. The smallest absolute Gasteiger partial charge is 0.251 e. The predicted molar refractivity (Wildman–Crippen MR) is 100 cm³/mol. The second-order valence-corrected chi connectivity index (χ2v) is 6.75. The molecular formula is C21H24N2O3. The van der Waals surface area contributed by atoms with Gasteiger partial charge in [-0.15, -0.1) is 0 Å². The van der Waals surface area contributed by atoms with Crippen molar-refractivity contribution in [3.8, 4) is 0 Å². The topological polar surface area (TPSA) is 69.6 Å². The third-order valence-electron chi connectivity index (χ3n) is 4.73. The van der Waals surface area contributed by atoms with Crippen LogP contribution in [0.3, 0.4) is 0 Å². The van der Waals surface area contributed by atoms with Crippen LogP contribution >= 0.6 is 0 Å². The number of β-amino-alcohol motifs (C(OH)–C–C–N with tert-alkyl or cyclic N) is 1. The van der Waals surface area contributed by atoms with E-state index in [1.807, 2.05) is 6.07 Å². The van der Waals surface area contributed by atoms with Gasteiger partial charge in [0.05, 0.1) is 6.10 Å². The van der Waals surface area contributed by atoms with E-state index in [4.69, 9.17) is 0 Å². The standard InChI is InChI=1S/C21H24N2O3/c1-15(24)16-6-8-18(9-7-16)21(26)22-12-20(25)14-23-11-10-17-4-2-3-5-19(17)13-23/h2-9,20,25H,10-14H2,1H3,(H,22,26). The van der Waals surface area contributed by atoms with Crippen molar-refractivity contribution in [1.29, 1.82) is 0 Å². The van der Waals surface area contributed by atoms with Gasteiger partial charge in [0.2, 0.25) is 0 Å². The van der Waals surface area contributed by atoms with Crippen LogP contribution in [0.2, 0.25) is 0 Å². The van der Waals surface area contributed by atoms with Gasteiger partial charge in [0.25, 0.3) is 5.91 Å². The van der Waals surface area contributed by atoms with E-state index in [1.54, 1.807) is 24.3 Å². The van der Waals surface area contributed by atoms with Gasteiger partial charge in [-0.25, -0.2) is 0 Å². The Balaban J connectivity index is 1.47. The fourth-order valence-corrected chi connectivity index (χ4v) is 3.24. The van der Waals surface area contributed by atoms with E-state index in [1.165, 1.54) is 18.1 Å². The number of hydrogen-bond acceptors (Lipinski definition) is 4. The highest BCUT2D eigenvalue weighted by molar-refractivity contribution is 5.97. The van der Waals surface area contributed by atoms with Crippen LogP contribution in [0.1, 0.15) is 38.8 Å². The van der Waals surface area contributed by atoms with Gasteiger partial charge in [-0.2, -0.15) is 0 Å². The van der Waals surface area contributed by atoms with Gasteiger partial charge in [0, 0.05) is 37.3 Å². The van der Waals surface area contributed by atoms with Crippen LogP contribution in [-0.4, -0.2) is 47.4 Å². The van der Waals surface area contributed by atoms with Gasteiger partial charge in [-0.1, -0.05) is 36.4 Å². The zero-order valence-corrected chi connectivity index (χ0v) is 14.9. The number of aliphatic hydroxyl groups excluding tert-OH is 1. The molecule has 5 nitrogen and oxygen atoms in total. The molecule has 1 heterocycles. The highest BCUT2D eigenvalue weighted by Gasteiger charge is 2.19. The molecule has 1 atom stereocenters. The maximum Gasteiger partial charge on any atom is 0.251 e. The lowest BCUT2D eigenvalue weighted by Crippen LogP contribution is -2.42. The molecule has 2 aromatic carbocycles. The van der Waals surface area contributed by atoms with Gasteiger partial charge in [-0.05, 0) is 36.6 Å². The number of fused-ring (bicyclic) bond motifs is 1. The maximum atomic E-state index is 12.2. The lowest BCUT2D eigenvalue weighted by atomic mass is 10.00. The van der Waals surface area contributed by atoms with Crippen LogP contribution in [0.15, 0.2) is 48.5 Å². The zero-order valence-electron chi connectivity index (χ0n) is 14.9. The number of amides is 1. The van der Waals surface area contributed by atoms with Crippen LogP contribution in [0.5, 0.6) is 0 Å². The van der Waals surface area contributed by atoms with Crippen molar-refractivity contribution in [1.82, 2.24) is 10.2 Å². The molecule has 0 aromatic heterocycles. The molecule has 0 saturated heterocycles. The summed E-state index contributed by atoms with van der Waals surface area (Å²) in [5, 5.41) is 13.0. The molecule has 1 amide bonds. The zero-order chi connectivity index (χ0) is 18.5. The molecule has 1 unspecified atom stereocenters. The molecule has 0 bridgehead atoms. The van der Waals surface area contributed by atoms with Gasteiger partial charge >= 0.3 is 0 Å². The first kappa shape index (κ1) is 18.3. The van der Waals surface area contributed by atoms with E-state index in [0.29, 0.717) is 17.7 Å². The molecular weight excluding hydrogens is 328 g/mol. The summed E-state index contributed by atoms with van der Waals surface area (Å²) in [6.07, 6.45) is 0.360. The number of benzene rings is 2. The summed E-state index contributed by atoms with van der Waals surface area (Å²) in [6.45, 7) is 3.95. The van der Waals surface area contributed by atoms with E-state index in [9.17, 15) is 14.7 Å². The van der Waals surface area contributed by atoms with Crippen molar-refractivity contribution >= 4 is 11.7 Å². The van der Waals surface area contributed by atoms with Crippen molar-refractivity contribution in [2.75, 3.05) is 19.6 Å². The molecule has 136 valence electrons. The Kier molecular flexibility index (Phi) is 5.81.